The summed E-state index contributed by atoms with van der Waals surface area (Å²) in [5.41, 5.74) is 0. The first-order chi connectivity index (χ1) is 50.9. The molecule has 0 radical (unpaired) electrons. The second-order valence-corrected chi connectivity index (χ2v) is 35.4. The highest BCUT2D eigenvalue weighted by Crippen LogP contribution is 2.24. The summed E-state index contributed by atoms with van der Waals surface area (Å²) >= 11 is 0. The van der Waals surface area contributed by atoms with Gasteiger partial charge in [-0.15, -0.1) is 6.58 Å². The average molecular weight is 1430 g/mol. The van der Waals surface area contributed by atoms with Crippen LogP contribution in [-0.2, 0) is 0 Å². The van der Waals surface area contributed by atoms with E-state index in [0.29, 0.717) is 0 Å². The van der Waals surface area contributed by atoms with E-state index >= 15 is 0 Å². The van der Waals surface area contributed by atoms with Crippen LogP contribution in [0.2, 0.25) is 0 Å². The van der Waals surface area contributed by atoms with Gasteiger partial charge in [-0.05, 0) is 12.8 Å². The first-order valence-electron chi connectivity index (χ1n) is 50.5. The zero-order chi connectivity index (χ0) is 72.7. The molecule has 0 bridgehead atoms. The molecule has 0 spiro atoms. The van der Waals surface area contributed by atoms with Crippen molar-refractivity contribution in [2.24, 2.45) is 0 Å². The van der Waals surface area contributed by atoms with Gasteiger partial charge in [0.25, 0.3) is 0 Å². The summed E-state index contributed by atoms with van der Waals surface area (Å²) in [5, 5.41) is 0. The smallest absolute Gasteiger partial charge is 0.0353 e. The van der Waals surface area contributed by atoms with Crippen molar-refractivity contribution < 1.29 is 0 Å². The lowest BCUT2D eigenvalue weighted by Crippen LogP contribution is -1.85. The maximum atomic E-state index is 3.83. The van der Waals surface area contributed by atoms with Crippen molar-refractivity contribution in [2.45, 2.75) is 643 Å². The average Bonchev–Trinajstić information content (AvgIpc) is 3.74. The fourth-order valence-corrected chi connectivity index (χ4v) is 17.3. The molecule has 0 aliphatic heterocycles. The Bertz CT molecular complexity index is 1360. The van der Waals surface area contributed by atoms with E-state index in [2.05, 4.69) is 19.6 Å². The van der Waals surface area contributed by atoms with E-state index in [1.165, 1.54) is 636 Å². The van der Waals surface area contributed by atoms with Crippen molar-refractivity contribution in [3.8, 4) is 0 Å². The van der Waals surface area contributed by atoms with E-state index < -0.39 is 0 Å². The lowest BCUT2D eigenvalue weighted by atomic mass is 10.0. The molecule has 0 aromatic rings. The Morgan fingerprint density at radius 3 is 0.216 bits per heavy atom. The van der Waals surface area contributed by atoms with Gasteiger partial charge in [-0.1, -0.05) is 636 Å². The summed E-state index contributed by atoms with van der Waals surface area (Å²) < 4.78 is 0. The molecule has 0 rings (SSSR count). The Morgan fingerprint density at radius 2 is 0.157 bits per heavy atom. The Labute approximate surface area is 651 Å². The molecule has 0 heterocycles. The lowest BCUT2D eigenvalue weighted by molar-refractivity contribution is 0.505. The fraction of sp³-hybridized carbons (Fsp3) is 0.980. The Balaban J connectivity index is 3.09. The molecular weight excluding hydrogens is 1230 g/mol. The maximum Gasteiger partial charge on any atom is -0.0353 e. The Morgan fingerprint density at radius 1 is 0.0980 bits per heavy atom. The third-order valence-electron chi connectivity index (χ3n) is 24.8. The Kier molecular flexibility index (Phi) is 100. The van der Waals surface area contributed by atoms with Crippen LogP contribution in [0.4, 0.5) is 0 Å². The third-order valence-corrected chi connectivity index (χ3v) is 24.8. The van der Waals surface area contributed by atoms with Crippen LogP contribution in [0.1, 0.15) is 643 Å². The predicted octanol–water partition coefficient (Wildman–Crippen LogP) is 39.8. The third kappa shape index (κ3) is 99.7. The molecule has 0 aromatic carbocycles. The number of rotatable bonds is 99. The van der Waals surface area contributed by atoms with Gasteiger partial charge in [0.2, 0.25) is 0 Å². The van der Waals surface area contributed by atoms with E-state index in [4.69, 9.17) is 0 Å². The summed E-state index contributed by atoms with van der Waals surface area (Å²) in [6.07, 6.45) is 149. The van der Waals surface area contributed by atoms with Gasteiger partial charge in [0.15, 0.2) is 0 Å². The van der Waals surface area contributed by atoms with Gasteiger partial charge >= 0.3 is 0 Å². The van der Waals surface area contributed by atoms with Crippen molar-refractivity contribution >= 4 is 0 Å². The zero-order valence-corrected chi connectivity index (χ0v) is 72.3. The van der Waals surface area contributed by atoms with Crippen LogP contribution in [0.3, 0.4) is 0 Å². The monoisotopic (exact) mass is 1430 g/mol. The molecule has 0 N–H and O–H groups in total. The first kappa shape index (κ1) is 102. The van der Waals surface area contributed by atoms with Crippen molar-refractivity contribution in [3.63, 3.8) is 0 Å². The summed E-state index contributed by atoms with van der Waals surface area (Å²) in [6, 6.07) is 0. The van der Waals surface area contributed by atoms with Crippen LogP contribution in [0, 0.1) is 0 Å². The van der Waals surface area contributed by atoms with Crippen LogP contribution in [0.5, 0.6) is 0 Å². The number of allylic oxidation sites excluding steroid dienone is 1. The topological polar surface area (TPSA) is 0 Å². The fourth-order valence-electron chi connectivity index (χ4n) is 17.3. The molecule has 0 aliphatic carbocycles. The summed E-state index contributed by atoms with van der Waals surface area (Å²) in [6.45, 7) is 6.15. The van der Waals surface area contributed by atoms with Crippen LogP contribution < -0.4 is 0 Å². The number of hydrogen-bond donors (Lipinski definition) is 0. The summed E-state index contributed by atoms with van der Waals surface area (Å²) in [7, 11) is 0. The Hall–Kier alpha value is -0.260. The minimum atomic E-state index is 1.21. The molecule has 0 aliphatic rings. The summed E-state index contributed by atoms with van der Waals surface area (Å²) in [4.78, 5) is 0. The molecule has 0 saturated carbocycles. The van der Waals surface area contributed by atoms with Gasteiger partial charge in [-0.3, -0.25) is 0 Å². The van der Waals surface area contributed by atoms with Crippen molar-refractivity contribution in [3.05, 3.63) is 12.7 Å². The minimum absolute atomic E-state index is 1.21. The molecule has 0 nitrogen and oxygen atoms in total. The predicted molar refractivity (Wildman–Crippen MR) is 473 cm³/mol. The van der Waals surface area contributed by atoms with Crippen LogP contribution in [0.15, 0.2) is 12.7 Å². The van der Waals surface area contributed by atoms with E-state index in [0.717, 1.165) is 0 Å². The molecule has 0 atom stereocenters. The highest BCUT2D eigenvalue weighted by atomic mass is 14.1. The summed E-state index contributed by atoms with van der Waals surface area (Å²) in [5.74, 6) is 0. The van der Waals surface area contributed by atoms with Gasteiger partial charge in [-0.25, -0.2) is 0 Å². The molecule has 0 fully saturated rings. The molecule has 0 saturated heterocycles. The van der Waals surface area contributed by atoms with E-state index in [9.17, 15) is 0 Å². The van der Waals surface area contributed by atoms with Crippen molar-refractivity contribution in [1.82, 2.24) is 0 Å². The standard InChI is InChI=1S/C102H204/c1-3-5-7-9-11-13-15-17-19-21-23-25-27-29-31-33-35-37-39-41-43-45-47-49-51-53-55-57-59-61-63-65-67-69-71-73-75-77-79-81-83-85-87-89-91-93-95-97-99-101-102-100-98-96-94-92-90-88-86-84-82-80-78-76-74-72-70-68-66-64-62-60-58-56-54-52-50-48-46-44-42-40-38-36-34-32-30-28-26-24-22-20-18-16-14-12-10-8-6-4-2/h3H,1,4-102H2,2H3. The minimum Gasteiger partial charge on any atom is -0.103 e. The molecule has 0 unspecified atom stereocenters. The molecule has 0 amide bonds. The molecule has 612 valence electrons. The van der Waals surface area contributed by atoms with Crippen LogP contribution >= 0.6 is 0 Å². The van der Waals surface area contributed by atoms with Gasteiger partial charge in [0.1, 0.15) is 0 Å². The van der Waals surface area contributed by atoms with E-state index in [1.54, 1.807) is 0 Å². The highest BCUT2D eigenvalue weighted by Gasteiger charge is 2.04. The molecule has 102 heavy (non-hydrogen) atoms. The second-order valence-electron chi connectivity index (χ2n) is 35.4. The van der Waals surface area contributed by atoms with Crippen LogP contribution in [0.25, 0.3) is 0 Å². The van der Waals surface area contributed by atoms with Crippen LogP contribution in [-0.4, -0.2) is 0 Å². The van der Waals surface area contributed by atoms with Crippen molar-refractivity contribution in [2.75, 3.05) is 0 Å². The SMILES string of the molecule is C=CCCCCCCCCCCCCCCCCCCCCCCCCCCCCCCCCCCCCCCCCCCCCCCCCCCCCCCCCCCCCCCCCCCCCCCCCCCCCCCCCCCCCCCCCCCCCCCCCCCCC. The van der Waals surface area contributed by atoms with Gasteiger partial charge in [0.05, 0.1) is 0 Å². The normalized spacial score (nSPS) is 11.8. The maximum absolute atomic E-state index is 3.83. The van der Waals surface area contributed by atoms with E-state index in [1.807, 2.05) is 0 Å². The highest BCUT2D eigenvalue weighted by molar-refractivity contribution is 4.66. The largest absolute Gasteiger partial charge is 0.103 e. The molecule has 0 aromatic heterocycles. The number of hydrogen-bond acceptors (Lipinski definition) is 0. The molecular formula is C102H204. The van der Waals surface area contributed by atoms with Gasteiger partial charge in [-0.2, -0.15) is 0 Å². The van der Waals surface area contributed by atoms with Gasteiger partial charge < -0.3 is 0 Å². The van der Waals surface area contributed by atoms with Gasteiger partial charge in [0, 0.05) is 0 Å². The molecule has 0 heteroatoms. The second kappa shape index (κ2) is 101. The van der Waals surface area contributed by atoms with Crippen molar-refractivity contribution in [1.29, 1.82) is 0 Å². The quantitative estimate of drug-likeness (QED) is 0.0421. The van der Waals surface area contributed by atoms with E-state index in [-0.39, 0.29) is 0 Å². The number of unbranched alkanes of at least 4 members (excludes halogenated alkanes) is 98. The zero-order valence-electron chi connectivity index (χ0n) is 72.3. The lowest BCUT2D eigenvalue weighted by Gasteiger charge is -2.05. The first-order valence-corrected chi connectivity index (χ1v) is 50.5.